The van der Waals surface area contributed by atoms with Gasteiger partial charge in [0.05, 0.1) is 5.92 Å². The Morgan fingerprint density at radius 1 is 1.55 bits per heavy atom. The third kappa shape index (κ3) is 4.36. The van der Waals surface area contributed by atoms with Gasteiger partial charge in [0.2, 0.25) is 5.91 Å². The number of aliphatic carboxylic acids is 1. The van der Waals surface area contributed by atoms with Crippen molar-refractivity contribution in [2.45, 2.75) is 20.3 Å². The van der Waals surface area contributed by atoms with Crippen molar-refractivity contribution in [3.8, 4) is 0 Å². The lowest BCUT2D eigenvalue weighted by Gasteiger charge is -2.08. The first kappa shape index (κ1) is 9.94. The van der Waals surface area contributed by atoms with Crippen molar-refractivity contribution in [2.24, 2.45) is 5.92 Å². The first-order valence-electron chi connectivity index (χ1n) is 3.55. The lowest BCUT2D eigenvalue weighted by molar-refractivity contribution is -0.141. The van der Waals surface area contributed by atoms with Crippen LogP contribution in [0.5, 0.6) is 0 Å². The predicted octanol–water partition coefficient (Wildman–Crippen LogP) is 0.233. The SMILES string of the molecule is CC[C@H](CNC(C)=O)C(=O)O. The van der Waals surface area contributed by atoms with Crippen LogP contribution >= 0.6 is 0 Å². The molecule has 0 unspecified atom stereocenters. The summed E-state index contributed by atoms with van der Waals surface area (Å²) in [4.78, 5) is 20.8. The summed E-state index contributed by atoms with van der Waals surface area (Å²) < 4.78 is 0. The summed E-state index contributed by atoms with van der Waals surface area (Å²) >= 11 is 0. The Hall–Kier alpha value is -1.06. The Morgan fingerprint density at radius 3 is 2.36 bits per heavy atom. The Kier molecular flexibility index (Phi) is 4.26. The highest BCUT2D eigenvalue weighted by Gasteiger charge is 2.14. The van der Waals surface area contributed by atoms with Gasteiger partial charge in [-0.1, -0.05) is 6.92 Å². The fourth-order valence-corrected chi connectivity index (χ4v) is 0.673. The molecular formula is C7H13NO3. The summed E-state index contributed by atoms with van der Waals surface area (Å²) in [5.74, 6) is -1.51. The molecule has 0 fully saturated rings. The van der Waals surface area contributed by atoms with Crippen molar-refractivity contribution in [3.63, 3.8) is 0 Å². The summed E-state index contributed by atoms with van der Waals surface area (Å²) in [7, 11) is 0. The predicted molar refractivity (Wildman–Crippen MR) is 40.1 cm³/mol. The number of carbonyl (C=O) groups excluding carboxylic acids is 1. The molecule has 0 rings (SSSR count). The van der Waals surface area contributed by atoms with Crippen LogP contribution in [0.1, 0.15) is 20.3 Å². The van der Waals surface area contributed by atoms with Crippen LogP contribution in [-0.2, 0) is 9.59 Å². The number of carbonyl (C=O) groups is 2. The van der Waals surface area contributed by atoms with Crippen molar-refractivity contribution < 1.29 is 14.7 Å². The molecule has 4 nitrogen and oxygen atoms in total. The lowest BCUT2D eigenvalue weighted by Crippen LogP contribution is -2.30. The second-order valence-electron chi connectivity index (χ2n) is 2.38. The van der Waals surface area contributed by atoms with E-state index in [0.29, 0.717) is 6.42 Å². The first-order valence-corrected chi connectivity index (χ1v) is 3.55. The van der Waals surface area contributed by atoms with Crippen molar-refractivity contribution in [2.75, 3.05) is 6.54 Å². The van der Waals surface area contributed by atoms with Gasteiger partial charge >= 0.3 is 5.97 Å². The Balaban J connectivity index is 3.70. The molecule has 11 heavy (non-hydrogen) atoms. The zero-order chi connectivity index (χ0) is 8.85. The second kappa shape index (κ2) is 4.71. The molecule has 0 heterocycles. The quantitative estimate of drug-likeness (QED) is 0.617. The maximum atomic E-state index is 10.4. The van der Waals surface area contributed by atoms with E-state index in [-0.39, 0.29) is 12.5 Å². The van der Waals surface area contributed by atoms with Crippen LogP contribution in [0.4, 0.5) is 0 Å². The van der Waals surface area contributed by atoms with E-state index in [9.17, 15) is 9.59 Å². The summed E-state index contributed by atoms with van der Waals surface area (Å²) in [6.45, 7) is 3.37. The van der Waals surface area contributed by atoms with Gasteiger partial charge < -0.3 is 10.4 Å². The van der Waals surface area contributed by atoms with Crippen LogP contribution in [0.2, 0.25) is 0 Å². The van der Waals surface area contributed by atoms with Gasteiger partial charge in [0.15, 0.2) is 0 Å². The van der Waals surface area contributed by atoms with E-state index < -0.39 is 11.9 Å². The third-order valence-corrected chi connectivity index (χ3v) is 1.44. The molecule has 0 radical (unpaired) electrons. The molecule has 0 saturated heterocycles. The molecule has 0 bridgehead atoms. The minimum atomic E-state index is -0.860. The molecule has 0 spiro atoms. The van der Waals surface area contributed by atoms with Gasteiger partial charge in [-0.2, -0.15) is 0 Å². The Morgan fingerprint density at radius 2 is 2.09 bits per heavy atom. The van der Waals surface area contributed by atoms with Gasteiger partial charge in [0, 0.05) is 13.5 Å². The Bertz CT molecular complexity index is 156. The van der Waals surface area contributed by atoms with E-state index in [4.69, 9.17) is 5.11 Å². The monoisotopic (exact) mass is 159 g/mol. The molecule has 64 valence electrons. The molecular weight excluding hydrogens is 146 g/mol. The average molecular weight is 159 g/mol. The largest absolute Gasteiger partial charge is 0.481 e. The van der Waals surface area contributed by atoms with Gasteiger partial charge in [0.25, 0.3) is 0 Å². The maximum absolute atomic E-state index is 10.4. The maximum Gasteiger partial charge on any atom is 0.308 e. The van der Waals surface area contributed by atoms with Crippen LogP contribution in [0.15, 0.2) is 0 Å². The zero-order valence-electron chi connectivity index (χ0n) is 6.76. The van der Waals surface area contributed by atoms with E-state index in [1.54, 1.807) is 6.92 Å². The molecule has 0 aromatic heterocycles. The van der Waals surface area contributed by atoms with Gasteiger partial charge in [-0.15, -0.1) is 0 Å². The summed E-state index contributed by atoms with van der Waals surface area (Å²) in [6.07, 6.45) is 0.537. The number of carboxylic acids is 1. The first-order chi connectivity index (χ1) is 5.07. The highest BCUT2D eigenvalue weighted by Crippen LogP contribution is 1.99. The second-order valence-corrected chi connectivity index (χ2v) is 2.38. The van der Waals surface area contributed by atoms with Gasteiger partial charge in [-0.3, -0.25) is 9.59 Å². The molecule has 1 amide bonds. The lowest BCUT2D eigenvalue weighted by atomic mass is 10.1. The highest BCUT2D eigenvalue weighted by molar-refractivity contribution is 5.75. The van der Waals surface area contributed by atoms with Crippen LogP contribution in [0.25, 0.3) is 0 Å². The average Bonchev–Trinajstić information content (AvgIpc) is 1.87. The number of hydrogen-bond donors (Lipinski definition) is 2. The molecule has 1 atom stereocenters. The topological polar surface area (TPSA) is 66.4 Å². The molecule has 0 aromatic rings. The summed E-state index contributed by atoms with van der Waals surface area (Å²) in [6, 6.07) is 0. The van der Waals surface area contributed by atoms with E-state index >= 15 is 0 Å². The van der Waals surface area contributed by atoms with Crippen LogP contribution < -0.4 is 5.32 Å². The molecule has 0 aliphatic rings. The molecule has 0 aliphatic heterocycles. The van der Waals surface area contributed by atoms with Crippen molar-refractivity contribution in [1.29, 1.82) is 0 Å². The van der Waals surface area contributed by atoms with Crippen LogP contribution in [0.3, 0.4) is 0 Å². The van der Waals surface area contributed by atoms with Crippen LogP contribution in [0, 0.1) is 5.92 Å². The number of amides is 1. The van der Waals surface area contributed by atoms with Gasteiger partial charge in [-0.25, -0.2) is 0 Å². The smallest absolute Gasteiger partial charge is 0.308 e. The van der Waals surface area contributed by atoms with Crippen LogP contribution in [-0.4, -0.2) is 23.5 Å². The third-order valence-electron chi connectivity index (χ3n) is 1.44. The molecule has 2 N–H and O–H groups in total. The fourth-order valence-electron chi connectivity index (χ4n) is 0.673. The van der Waals surface area contributed by atoms with Gasteiger partial charge in [-0.05, 0) is 6.42 Å². The number of rotatable bonds is 4. The molecule has 0 aromatic carbocycles. The number of nitrogens with one attached hydrogen (secondary N) is 1. The normalized spacial score (nSPS) is 12.2. The standard InChI is InChI=1S/C7H13NO3/c1-3-6(7(10)11)4-8-5(2)9/h6H,3-4H2,1-2H3,(H,8,9)(H,10,11)/t6-/m1/s1. The summed E-state index contributed by atoms with van der Waals surface area (Å²) in [5, 5.41) is 11.0. The van der Waals surface area contributed by atoms with E-state index in [1.807, 2.05) is 0 Å². The van der Waals surface area contributed by atoms with Gasteiger partial charge in [0.1, 0.15) is 0 Å². The summed E-state index contributed by atoms with van der Waals surface area (Å²) in [5.41, 5.74) is 0. The van der Waals surface area contributed by atoms with Crippen molar-refractivity contribution >= 4 is 11.9 Å². The highest BCUT2D eigenvalue weighted by atomic mass is 16.4. The molecule has 0 aliphatic carbocycles. The number of carboxylic acid groups (broad SMARTS) is 1. The Labute approximate surface area is 65.6 Å². The molecule has 4 heteroatoms. The number of hydrogen-bond acceptors (Lipinski definition) is 2. The molecule has 0 saturated carbocycles. The van der Waals surface area contributed by atoms with E-state index in [0.717, 1.165) is 0 Å². The fraction of sp³-hybridized carbons (Fsp3) is 0.714. The zero-order valence-corrected chi connectivity index (χ0v) is 6.76. The van der Waals surface area contributed by atoms with E-state index in [1.165, 1.54) is 6.92 Å². The van der Waals surface area contributed by atoms with E-state index in [2.05, 4.69) is 5.32 Å². The minimum absolute atomic E-state index is 0.190. The van der Waals surface area contributed by atoms with Crippen molar-refractivity contribution in [3.05, 3.63) is 0 Å². The minimum Gasteiger partial charge on any atom is -0.481 e. The van der Waals surface area contributed by atoms with Crippen molar-refractivity contribution in [1.82, 2.24) is 5.32 Å².